The van der Waals surface area contributed by atoms with E-state index in [-0.39, 0.29) is 0 Å². The maximum absolute atomic E-state index is 4.64. The van der Waals surface area contributed by atoms with Gasteiger partial charge in [-0.2, -0.15) is 0 Å². The van der Waals surface area contributed by atoms with Crippen molar-refractivity contribution in [3.05, 3.63) is 29.1 Å². The van der Waals surface area contributed by atoms with Crippen molar-refractivity contribution in [1.29, 1.82) is 0 Å². The van der Waals surface area contributed by atoms with E-state index in [1.807, 2.05) is 6.20 Å². The molecule has 2 heterocycles. The third-order valence-electron chi connectivity index (χ3n) is 3.47. The number of aromatic nitrogens is 1. The summed E-state index contributed by atoms with van der Waals surface area (Å²) >= 11 is 0. The Morgan fingerprint density at radius 2 is 2.21 bits per heavy atom. The lowest BCUT2D eigenvalue weighted by atomic mass is 9.92. The Morgan fingerprint density at radius 1 is 1.43 bits per heavy atom. The molecule has 0 saturated heterocycles. The average molecular weight is 188 g/mol. The van der Waals surface area contributed by atoms with Gasteiger partial charge in [0.2, 0.25) is 0 Å². The predicted octanol–water partition coefficient (Wildman–Crippen LogP) is 1.87. The summed E-state index contributed by atoms with van der Waals surface area (Å²) in [4.78, 5) is 7.07. The standard InChI is InChI=1S/C12H16N2/c1-9-5-10-7-14(2)8-12(3-4-12)11(10)13-6-9/h5-6H,3-4,7-8H2,1-2H3. The van der Waals surface area contributed by atoms with E-state index in [0.29, 0.717) is 5.41 Å². The molecule has 0 N–H and O–H groups in total. The summed E-state index contributed by atoms with van der Waals surface area (Å²) < 4.78 is 0. The average Bonchev–Trinajstić information content (AvgIpc) is 2.84. The van der Waals surface area contributed by atoms with Gasteiger partial charge in [-0.25, -0.2) is 0 Å². The summed E-state index contributed by atoms with van der Waals surface area (Å²) in [7, 11) is 2.21. The first kappa shape index (κ1) is 8.42. The van der Waals surface area contributed by atoms with Gasteiger partial charge >= 0.3 is 0 Å². The van der Waals surface area contributed by atoms with Crippen molar-refractivity contribution in [2.24, 2.45) is 0 Å². The molecule has 2 heteroatoms. The van der Waals surface area contributed by atoms with Crippen molar-refractivity contribution >= 4 is 0 Å². The molecule has 1 aromatic rings. The van der Waals surface area contributed by atoms with Crippen LogP contribution in [0.15, 0.2) is 12.3 Å². The molecule has 0 atom stereocenters. The Labute approximate surface area is 85.0 Å². The lowest BCUT2D eigenvalue weighted by Gasteiger charge is -2.31. The van der Waals surface area contributed by atoms with Crippen LogP contribution in [-0.4, -0.2) is 23.5 Å². The first-order valence-corrected chi connectivity index (χ1v) is 5.34. The van der Waals surface area contributed by atoms with Gasteiger partial charge in [0.25, 0.3) is 0 Å². The van der Waals surface area contributed by atoms with Crippen LogP contribution >= 0.6 is 0 Å². The van der Waals surface area contributed by atoms with Crippen molar-refractivity contribution < 1.29 is 0 Å². The number of fused-ring (bicyclic) bond motifs is 2. The minimum absolute atomic E-state index is 0.441. The van der Waals surface area contributed by atoms with E-state index in [0.717, 1.165) is 6.54 Å². The Morgan fingerprint density at radius 3 is 2.93 bits per heavy atom. The Balaban J connectivity index is 2.12. The van der Waals surface area contributed by atoms with Gasteiger partial charge in [0, 0.05) is 24.7 Å². The summed E-state index contributed by atoms with van der Waals surface area (Å²) in [5.41, 5.74) is 4.57. The Hall–Kier alpha value is -0.890. The molecule has 2 nitrogen and oxygen atoms in total. The van der Waals surface area contributed by atoms with Gasteiger partial charge in [0.15, 0.2) is 0 Å². The minimum Gasteiger partial charge on any atom is -0.301 e. The number of pyridine rings is 1. The molecule has 3 rings (SSSR count). The van der Waals surface area contributed by atoms with Gasteiger partial charge < -0.3 is 4.90 Å². The number of aryl methyl sites for hydroxylation is 1. The molecule has 1 aliphatic heterocycles. The largest absolute Gasteiger partial charge is 0.301 e. The van der Waals surface area contributed by atoms with Crippen molar-refractivity contribution in [2.75, 3.05) is 13.6 Å². The summed E-state index contributed by atoms with van der Waals surface area (Å²) in [5.74, 6) is 0. The Kier molecular flexibility index (Phi) is 1.55. The van der Waals surface area contributed by atoms with Crippen LogP contribution in [0.2, 0.25) is 0 Å². The van der Waals surface area contributed by atoms with Crippen LogP contribution in [0.3, 0.4) is 0 Å². The van der Waals surface area contributed by atoms with Crippen LogP contribution in [0, 0.1) is 6.92 Å². The second-order valence-corrected chi connectivity index (χ2v) is 4.97. The zero-order chi connectivity index (χ0) is 9.76. The van der Waals surface area contributed by atoms with Crippen LogP contribution in [0.1, 0.15) is 29.7 Å². The topological polar surface area (TPSA) is 16.1 Å². The molecule has 2 aliphatic rings. The second-order valence-electron chi connectivity index (χ2n) is 4.97. The van der Waals surface area contributed by atoms with Gasteiger partial charge in [-0.05, 0) is 37.9 Å². The van der Waals surface area contributed by atoms with Gasteiger partial charge in [-0.3, -0.25) is 4.98 Å². The van der Waals surface area contributed by atoms with Crippen molar-refractivity contribution in [1.82, 2.24) is 9.88 Å². The van der Waals surface area contributed by atoms with Crippen molar-refractivity contribution in [2.45, 2.75) is 31.7 Å². The molecular weight excluding hydrogens is 172 g/mol. The predicted molar refractivity (Wildman–Crippen MR) is 56.2 cm³/mol. The highest BCUT2D eigenvalue weighted by molar-refractivity contribution is 5.37. The Bertz CT molecular complexity index is 380. The van der Waals surface area contributed by atoms with Gasteiger partial charge in [0.05, 0.1) is 5.69 Å². The van der Waals surface area contributed by atoms with Gasteiger partial charge in [0.1, 0.15) is 0 Å². The van der Waals surface area contributed by atoms with E-state index in [2.05, 4.69) is 29.9 Å². The molecule has 1 saturated carbocycles. The quantitative estimate of drug-likeness (QED) is 0.618. The first-order valence-electron chi connectivity index (χ1n) is 5.34. The lowest BCUT2D eigenvalue weighted by Crippen LogP contribution is -2.35. The minimum atomic E-state index is 0.441. The first-order chi connectivity index (χ1) is 6.70. The highest BCUT2D eigenvalue weighted by Crippen LogP contribution is 2.51. The number of hydrogen-bond acceptors (Lipinski definition) is 2. The zero-order valence-electron chi connectivity index (χ0n) is 8.88. The van der Waals surface area contributed by atoms with Crippen LogP contribution in [0.25, 0.3) is 0 Å². The number of nitrogens with zero attached hydrogens (tertiary/aromatic N) is 2. The highest BCUT2D eigenvalue weighted by atomic mass is 15.1. The molecule has 1 aliphatic carbocycles. The molecule has 14 heavy (non-hydrogen) atoms. The number of likely N-dealkylation sites (N-methyl/N-ethyl adjacent to an activating group) is 1. The molecular formula is C12H16N2. The zero-order valence-corrected chi connectivity index (χ0v) is 8.88. The monoisotopic (exact) mass is 188 g/mol. The number of rotatable bonds is 0. The molecule has 0 unspecified atom stereocenters. The molecule has 1 spiro atoms. The van der Waals surface area contributed by atoms with Crippen LogP contribution in [-0.2, 0) is 12.0 Å². The molecule has 0 bridgehead atoms. The third-order valence-corrected chi connectivity index (χ3v) is 3.47. The van der Waals surface area contributed by atoms with Crippen molar-refractivity contribution in [3.63, 3.8) is 0 Å². The van der Waals surface area contributed by atoms with Gasteiger partial charge in [-0.1, -0.05) is 6.07 Å². The lowest BCUT2D eigenvalue weighted by molar-refractivity contribution is 0.267. The van der Waals surface area contributed by atoms with Crippen molar-refractivity contribution in [3.8, 4) is 0 Å². The SMILES string of the molecule is Cc1cnc2c(c1)CN(C)CC21CC1. The summed E-state index contributed by atoms with van der Waals surface area (Å²) in [6, 6.07) is 2.30. The number of hydrogen-bond donors (Lipinski definition) is 0. The molecule has 1 fully saturated rings. The van der Waals surface area contributed by atoms with E-state index >= 15 is 0 Å². The maximum atomic E-state index is 4.64. The summed E-state index contributed by atoms with van der Waals surface area (Å²) in [5, 5.41) is 0. The fraction of sp³-hybridized carbons (Fsp3) is 0.583. The molecule has 0 radical (unpaired) electrons. The van der Waals surface area contributed by atoms with E-state index < -0.39 is 0 Å². The smallest absolute Gasteiger partial charge is 0.0523 e. The van der Waals surface area contributed by atoms with Crippen LogP contribution in [0.4, 0.5) is 0 Å². The molecule has 0 amide bonds. The van der Waals surface area contributed by atoms with Crippen LogP contribution in [0.5, 0.6) is 0 Å². The van der Waals surface area contributed by atoms with E-state index in [1.54, 1.807) is 0 Å². The molecule has 1 aromatic heterocycles. The van der Waals surface area contributed by atoms with E-state index in [4.69, 9.17) is 0 Å². The maximum Gasteiger partial charge on any atom is 0.0523 e. The second kappa shape index (κ2) is 2.57. The van der Waals surface area contributed by atoms with E-state index in [9.17, 15) is 0 Å². The third kappa shape index (κ3) is 1.10. The summed E-state index contributed by atoms with van der Waals surface area (Å²) in [6.45, 7) is 4.41. The normalized spacial score (nSPS) is 23.6. The molecule has 74 valence electrons. The molecule has 0 aromatic carbocycles. The fourth-order valence-electron chi connectivity index (χ4n) is 2.71. The fourth-order valence-corrected chi connectivity index (χ4v) is 2.71. The summed E-state index contributed by atoms with van der Waals surface area (Å²) in [6.07, 6.45) is 4.69. The highest BCUT2D eigenvalue weighted by Gasteiger charge is 2.49. The van der Waals surface area contributed by atoms with E-state index in [1.165, 1.54) is 36.2 Å². The van der Waals surface area contributed by atoms with Gasteiger partial charge in [-0.15, -0.1) is 0 Å². The van der Waals surface area contributed by atoms with Crippen LogP contribution < -0.4 is 0 Å².